The van der Waals surface area contributed by atoms with E-state index in [4.69, 9.17) is 0 Å². The van der Waals surface area contributed by atoms with E-state index in [1.165, 1.54) is 4.90 Å². The van der Waals surface area contributed by atoms with Gasteiger partial charge in [0.05, 0.1) is 11.9 Å². The van der Waals surface area contributed by atoms with E-state index in [-0.39, 0.29) is 18.5 Å². The van der Waals surface area contributed by atoms with Gasteiger partial charge in [-0.2, -0.15) is 0 Å². The average Bonchev–Trinajstić information content (AvgIpc) is 2.90. The summed E-state index contributed by atoms with van der Waals surface area (Å²) < 4.78 is 27.1. The van der Waals surface area contributed by atoms with Gasteiger partial charge < -0.3 is 10.2 Å². The Labute approximate surface area is 239 Å². The summed E-state index contributed by atoms with van der Waals surface area (Å²) in [6.07, 6.45) is 2.13. The van der Waals surface area contributed by atoms with Gasteiger partial charge in [-0.15, -0.1) is 0 Å². The lowest BCUT2D eigenvalue weighted by Gasteiger charge is -2.34. The second-order valence-electron chi connectivity index (χ2n) is 10.6. The van der Waals surface area contributed by atoms with Crippen LogP contribution in [-0.2, 0) is 32.6 Å². The van der Waals surface area contributed by atoms with E-state index in [1.807, 2.05) is 101 Å². The standard InChI is InChI=1S/C32H41N3O4S/c1-7-26(5)33-32(37)30(20-27-11-9-8-10-12-27)34(21-28-16-13-23(2)14-17-28)31(36)22-35(40(6,38)39)29-18-15-24(3)19-25(29)4/h8-19,26,30H,7,20-22H2,1-6H3,(H,33,37)/t26-,30+/m0/s1. The van der Waals surface area contributed by atoms with Gasteiger partial charge in [0.25, 0.3) is 0 Å². The fraction of sp³-hybridized carbons (Fsp3) is 0.375. The summed E-state index contributed by atoms with van der Waals surface area (Å²) >= 11 is 0. The first-order chi connectivity index (χ1) is 18.9. The fourth-order valence-electron chi connectivity index (χ4n) is 4.57. The van der Waals surface area contributed by atoms with Crippen LogP contribution in [0.3, 0.4) is 0 Å². The maximum absolute atomic E-state index is 14.2. The van der Waals surface area contributed by atoms with E-state index < -0.39 is 28.5 Å². The van der Waals surface area contributed by atoms with Crippen LogP contribution in [0.5, 0.6) is 0 Å². The number of rotatable bonds is 12. The summed E-state index contributed by atoms with van der Waals surface area (Å²) in [7, 11) is -3.80. The van der Waals surface area contributed by atoms with Crippen molar-refractivity contribution in [1.29, 1.82) is 0 Å². The highest BCUT2D eigenvalue weighted by Crippen LogP contribution is 2.25. The topological polar surface area (TPSA) is 86.8 Å². The highest BCUT2D eigenvalue weighted by atomic mass is 32.2. The Morgan fingerprint density at radius 2 is 1.50 bits per heavy atom. The zero-order valence-corrected chi connectivity index (χ0v) is 25.2. The predicted molar refractivity (Wildman–Crippen MR) is 162 cm³/mol. The average molecular weight is 564 g/mol. The molecule has 7 nitrogen and oxygen atoms in total. The summed E-state index contributed by atoms with van der Waals surface area (Å²) in [6.45, 7) is 9.40. The van der Waals surface area contributed by atoms with Crippen LogP contribution in [-0.4, -0.2) is 50.0 Å². The van der Waals surface area contributed by atoms with Crippen molar-refractivity contribution < 1.29 is 18.0 Å². The summed E-state index contributed by atoms with van der Waals surface area (Å²) in [5, 5.41) is 3.05. The van der Waals surface area contributed by atoms with E-state index >= 15 is 0 Å². The van der Waals surface area contributed by atoms with Crippen molar-refractivity contribution in [1.82, 2.24) is 10.2 Å². The summed E-state index contributed by atoms with van der Waals surface area (Å²) in [4.78, 5) is 29.4. The molecule has 2 amide bonds. The zero-order valence-electron chi connectivity index (χ0n) is 24.3. The highest BCUT2D eigenvalue weighted by molar-refractivity contribution is 7.92. The van der Waals surface area contributed by atoms with Crippen LogP contribution >= 0.6 is 0 Å². The Morgan fingerprint density at radius 3 is 2.08 bits per heavy atom. The van der Waals surface area contributed by atoms with Gasteiger partial charge in [0.15, 0.2) is 0 Å². The number of amides is 2. The van der Waals surface area contributed by atoms with Gasteiger partial charge in [-0.3, -0.25) is 13.9 Å². The van der Waals surface area contributed by atoms with E-state index in [1.54, 1.807) is 6.07 Å². The second-order valence-corrected chi connectivity index (χ2v) is 12.5. The predicted octanol–water partition coefficient (Wildman–Crippen LogP) is 4.93. The maximum Gasteiger partial charge on any atom is 0.244 e. The van der Waals surface area contributed by atoms with Gasteiger partial charge >= 0.3 is 0 Å². The van der Waals surface area contributed by atoms with Crippen molar-refractivity contribution >= 4 is 27.5 Å². The molecule has 0 radical (unpaired) electrons. The van der Waals surface area contributed by atoms with Crippen LogP contribution in [0.4, 0.5) is 5.69 Å². The summed E-state index contributed by atoms with van der Waals surface area (Å²) in [6, 6.07) is 21.9. The zero-order chi connectivity index (χ0) is 29.4. The van der Waals surface area contributed by atoms with Crippen LogP contribution < -0.4 is 9.62 Å². The quantitative estimate of drug-likeness (QED) is 0.339. The molecule has 0 spiro atoms. The Balaban J connectivity index is 2.07. The molecule has 0 aliphatic carbocycles. The number of nitrogens with zero attached hydrogens (tertiary/aromatic N) is 2. The van der Waals surface area contributed by atoms with E-state index in [9.17, 15) is 18.0 Å². The lowest BCUT2D eigenvalue weighted by Crippen LogP contribution is -2.54. The van der Waals surface area contributed by atoms with Crippen LogP contribution in [0.15, 0.2) is 72.8 Å². The monoisotopic (exact) mass is 563 g/mol. The minimum absolute atomic E-state index is 0.0789. The first-order valence-electron chi connectivity index (χ1n) is 13.6. The molecule has 40 heavy (non-hydrogen) atoms. The van der Waals surface area contributed by atoms with Crippen LogP contribution in [0.25, 0.3) is 0 Å². The van der Waals surface area contributed by atoms with E-state index in [0.717, 1.165) is 44.8 Å². The molecule has 0 aliphatic rings. The Kier molecular flexibility index (Phi) is 10.5. The van der Waals surface area contributed by atoms with Crippen LogP contribution in [0, 0.1) is 20.8 Å². The fourth-order valence-corrected chi connectivity index (χ4v) is 5.47. The molecule has 8 heteroatoms. The number of sulfonamides is 1. The minimum Gasteiger partial charge on any atom is -0.352 e. The normalized spacial score (nSPS) is 12.8. The van der Waals surface area contributed by atoms with Crippen LogP contribution in [0.2, 0.25) is 0 Å². The molecule has 0 saturated heterocycles. The largest absolute Gasteiger partial charge is 0.352 e. The number of hydrogen-bond donors (Lipinski definition) is 1. The SMILES string of the molecule is CC[C@H](C)NC(=O)[C@@H](Cc1ccccc1)N(Cc1ccc(C)cc1)C(=O)CN(c1ccc(C)cc1C)S(C)(=O)=O. The van der Waals surface area contributed by atoms with E-state index in [0.29, 0.717) is 12.1 Å². The lowest BCUT2D eigenvalue weighted by molar-refractivity contribution is -0.140. The molecule has 0 heterocycles. The molecular formula is C32H41N3O4S. The molecule has 3 rings (SSSR count). The van der Waals surface area contributed by atoms with E-state index in [2.05, 4.69) is 5.32 Å². The van der Waals surface area contributed by atoms with Crippen LogP contribution in [0.1, 0.15) is 48.1 Å². The number of benzene rings is 3. The molecule has 3 aromatic rings. The van der Waals surface area contributed by atoms with Gasteiger partial charge in [-0.05, 0) is 56.9 Å². The number of aryl methyl sites for hydroxylation is 3. The number of nitrogens with one attached hydrogen (secondary N) is 1. The summed E-state index contributed by atoms with van der Waals surface area (Å²) in [5.74, 6) is -0.720. The molecule has 0 aromatic heterocycles. The molecule has 1 N–H and O–H groups in total. The molecule has 0 fully saturated rings. The number of carbonyl (C=O) groups is 2. The first kappa shape index (κ1) is 30.9. The highest BCUT2D eigenvalue weighted by Gasteiger charge is 2.33. The van der Waals surface area contributed by atoms with Crippen molar-refractivity contribution in [2.24, 2.45) is 0 Å². The summed E-state index contributed by atoms with van der Waals surface area (Å²) in [5.41, 5.74) is 5.02. The number of anilines is 1. The Morgan fingerprint density at radius 1 is 0.875 bits per heavy atom. The number of hydrogen-bond acceptors (Lipinski definition) is 4. The molecule has 0 unspecified atom stereocenters. The van der Waals surface area contributed by atoms with Crippen molar-refractivity contribution in [3.8, 4) is 0 Å². The third-order valence-electron chi connectivity index (χ3n) is 7.05. The molecule has 0 aliphatic heterocycles. The molecule has 0 saturated carbocycles. The van der Waals surface area contributed by atoms with Crippen molar-refractivity contribution in [3.63, 3.8) is 0 Å². The number of carbonyl (C=O) groups excluding carboxylic acids is 2. The maximum atomic E-state index is 14.2. The third kappa shape index (κ3) is 8.42. The lowest BCUT2D eigenvalue weighted by atomic mass is 10.0. The molecule has 0 bridgehead atoms. The smallest absolute Gasteiger partial charge is 0.244 e. The third-order valence-corrected chi connectivity index (χ3v) is 8.17. The molecule has 214 valence electrons. The molecule has 3 aromatic carbocycles. The van der Waals surface area contributed by atoms with Gasteiger partial charge in [0.1, 0.15) is 12.6 Å². The second kappa shape index (κ2) is 13.6. The van der Waals surface area contributed by atoms with Crippen molar-refractivity contribution in [2.45, 2.75) is 66.1 Å². The Bertz CT molecular complexity index is 1410. The minimum atomic E-state index is -3.80. The van der Waals surface area contributed by atoms with Crippen molar-refractivity contribution in [3.05, 3.63) is 101 Å². The van der Waals surface area contributed by atoms with Gasteiger partial charge in [-0.1, -0.05) is 84.8 Å². The van der Waals surface area contributed by atoms with Gasteiger partial charge in [0.2, 0.25) is 21.8 Å². The molecular weight excluding hydrogens is 522 g/mol. The molecule has 2 atom stereocenters. The first-order valence-corrected chi connectivity index (χ1v) is 15.5. The Hall–Kier alpha value is -3.65. The van der Waals surface area contributed by atoms with Gasteiger partial charge in [-0.25, -0.2) is 8.42 Å². The van der Waals surface area contributed by atoms with Crippen molar-refractivity contribution in [2.75, 3.05) is 17.1 Å². The van der Waals surface area contributed by atoms with Gasteiger partial charge in [0, 0.05) is 19.0 Å².